The molecule has 0 aliphatic carbocycles. The Labute approximate surface area is 164 Å². The molecule has 1 fully saturated rings. The van der Waals surface area contributed by atoms with Crippen molar-refractivity contribution < 1.29 is 4.92 Å². The van der Waals surface area contributed by atoms with Gasteiger partial charge in [-0.1, -0.05) is 19.1 Å². The minimum absolute atomic E-state index is 0.166. The van der Waals surface area contributed by atoms with E-state index in [1.165, 1.54) is 4.88 Å². The summed E-state index contributed by atoms with van der Waals surface area (Å²) < 4.78 is 0. The fraction of sp³-hybridized carbons (Fsp3) is 0.500. The zero-order chi connectivity index (χ0) is 19.2. The Morgan fingerprint density at radius 3 is 2.67 bits per heavy atom. The molecular formula is C20H28N4O2S. The van der Waals surface area contributed by atoms with Gasteiger partial charge in [0.05, 0.1) is 10.5 Å². The number of thiophene rings is 1. The molecule has 1 N–H and O–H groups in total. The first kappa shape index (κ1) is 19.9. The molecule has 1 saturated heterocycles. The molecule has 3 rings (SSSR count). The van der Waals surface area contributed by atoms with Crippen molar-refractivity contribution in [3.8, 4) is 10.4 Å². The van der Waals surface area contributed by atoms with E-state index < -0.39 is 0 Å². The molecular weight excluding hydrogens is 360 g/mol. The van der Waals surface area contributed by atoms with Crippen LogP contribution in [-0.4, -0.2) is 61.0 Å². The summed E-state index contributed by atoms with van der Waals surface area (Å²) in [4.78, 5) is 18.0. The smallest absolute Gasteiger partial charge is 0.278 e. The van der Waals surface area contributed by atoms with Gasteiger partial charge in [-0.3, -0.25) is 10.1 Å². The highest BCUT2D eigenvalue weighted by atomic mass is 32.1. The molecule has 1 aliphatic rings. The van der Waals surface area contributed by atoms with Crippen molar-refractivity contribution in [3.05, 3.63) is 51.4 Å². The highest BCUT2D eigenvalue weighted by Gasteiger charge is 2.17. The molecule has 1 unspecified atom stereocenters. The van der Waals surface area contributed by atoms with Gasteiger partial charge in [0.2, 0.25) is 0 Å². The number of nitrogens with zero attached hydrogens (tertiary/aromatic N) is 3. The van der Waals surface area contributed by atoms with E-state index in [1.807, 2.05) is 18.2 Å². The average molecular weight is 389 g/mol. The van der Waals surface area contributed by atoms with Crippen LogP contribution in [0.4, 0.5) is 5.69 Å². The van der Waals surface area contributed by atoms with Crippen LogP contribution >= 0.6 is 11.3 Å². The van der Waals surface area contributed by atoms with Crippen LogP contribution in [-0.2, 0) is 6.54 Å². The third kappa shape index (κ3) is 5.59. The molecule has 2 aromatic rings. The van der Waals surface area contributed by atoms with Gasteiger partial charge < -0.3 is 15.1 Å². The SMILES string of the molecule is CC(CNCc1ccc(-c2ccccc2[N+](=O)[O-])s1)CN1CCN(C)CC1. The van der Waals surface area contributed by atoms with E-state index in [4.69, 9.17) is 0 Å². The number of piperazine rings is 1. The summed E-state index contributed by atoms with van der Waals surface area (Å²) in [6.45, 7) is 9.83. The van der Waals surface area contributed by atoms with Crippen LogP contribution in [0.15, 0.2) is 36.4 Å². The number of nitro benzene ring substituents is 1. The molecule has 1 atom stereocenters. The Hall–Kier alpha value is -1.80. The maximum absolute atomic E-state index is 11.2. The number of nitrogens with one attached hydrogen (secondary N) is 1. The molecule has 7 heteroatoms. The number of benzene rings is 1. The first-order valence-electron chi connectivity index (χ1n) is 9.47. The molecule has 0 saturated carbocycles. The maximum atomic E-state index is 11.2. The van der Waals surface area contributed by atoms with Gasteiger partial charge in [-0.25, -0.2) is 0 Å². The van der Waals surface area contributed by atoms with E-state index in [0.717, 1.165) is 50.7 Å². The molecule has 2 heterocycles. The van der Waals surface area contributed by atoms with Crippen LogP contribution < -0.4 is 5.32 Å². The van der Waals surface area contributed by atoms with Crippen molar-refractivity contribution in [1.29, 1.82) is 0 Å². The summed E-state index contributed by atoms with van der Waals surface area (Å²) in [5.41, 5.74) is 0.863. The second-order valence-electron chi connectivity index (χ2n) is 7.38. The van der Waals surface area contributed by atoms with E-state index in [2.05, 4.69) is 35.2 Å². The van der Waals surface area contributed by atoms with E-state index in [1.54, 1.807) is 23.5 Å². The predicted molar refractivity (Wildman–Crippen MR) is 111 cm³/mol. The van der Waals surface area contributed by atoms with Crippen molar-refractivity contribution in [2.24, 2.45) is 5.92 Å². The molecule has 146 valence electrons. The van der Waals surface area contributed by atoms with Crippen LogP contribution in [0.5, 0.6) is 0 Å². The largest absolute Gasteiger partial charge is 0.312 e. The van der Waals surface area contributed by atoms with E-state index in [0.29, 0.717) is 11.5 Å². The Balaban J connectivity index is 1.48. The van der Waals surface area contributed by atoms with E-state index in [-0.39, 0.29) is 10.6 Å². The van der Waals surface area contributed by atoms with Gasteiger partial charge in [0, 0.05) is 55.1 Å². The lowest BCUT2D eigenvalue weighted by Gasteiger charge is -2.34. The highest BCUT2D eigenvalue weighted by molar-refractivity contribution is 7.15. The lowest BCUT2D eigenvalue weighted by Crippen LogP contribution is -2.46. The zero-order valence-electron chi connectivity index (χ0n) is 16.1. The van der Waals surface area contributed by atoms with Crippen molar-refractivity contribution in [2.45, 2.75) is 13.5 Å². The second kappa shape index (κ2) is 9.41. The van der Waals surface area contributed by atoms with Crippen molar-refractivity contribution in [1.82, 2.24) is 15.1 Å². The van der Waals surface area contributed by atoms with Gasteiger partial charge in [-0.05, 0) is 37.7 Å². The summed E-state index contributed by atoms with van der Waals surface area (Å²) in [7, 11) is 2.18. The molecule has 6 nitrogen and oxygen atoms in total. The normalized spacial score (nSPS) is 17.1. The van der Waals surface area contributed by atoms with Crippen molar-refractivity contribution in [3.63, 3.8) is 0 Å². The first-order chi connectivity index (χ1) is 13.0. The summed E-state index contributed by atoms with van der Waals surface area (Å²) in [5.74, 6) is 0.600. The fourth-order valence-corrected chi connectivity index (χ4v) is 4.45. The minimum atomic E-state index is -0.312. The first-order valence-corrected chi connectivity index (χ1v) is 10.3. The molecule has 1 aliphatic heterocycles. The molecule has 0 radical (unpaired) electrons. The van der Waals surface area contributed by atoms with Gasteiger partial charge in [0.25, 0.3) is 5.69 Å². The van der Waals surface area contributed by atoms with Crippen LogP contribution in [0.25, 0.3) is 10.4 Å². The monoisotopic (exact) mass is 388 g/mol. The summed E-state index contributed by atoms with van der Waals surface area (Å²) in [6, 6.07) is 11.0. The Kier molecular flexibility index (Phi) is 6.95. The molecule has 0 amide bonds. The molecule has 27 heavy (non-hydrogen) atoms. The van der Waals surface area contributed by atoms with Gasteiger partial charge >= 0.3 is 0 Å². The molecule has 0 bridgehead atoms. The summed E-state index contributed by atoms with van der Waals surface area (Å²) in [6.07, 6.45) is 0. The quantitative estimate of drug-likeness (QED) is 0.555. The van der Waals surface area contributed by atoms with Gasteiger partial charge in [0.15, 0.2) is 0 Å². The third-order valence-corrected chi connectivity index (χ3v) is 6.10. The van der Waals surface area contributed by atoms with Gasteiger partial charge in [-0.15, -0.1) is 11.3 Å². The number of likely N-dealkylation sites (N-methyl/N-ethyl adjacent to an activating group) is 1. The van der Waals surface area contributed by atoms with Crippen LogP contribution in [0.1, 0.15) is 11.8 Å². The van der Waals surface area contributed by atoms with Crippen molar-refractivity contribution in [2.75, 3.05) is 46.3 Å². The van der Waals surface area contributed by atoms with Crippen molar-refractivity contribution >= 4 is 17.0 Å². The Morgan fingerprint density at radius 1 is 1.19 bits per heavy atom. The third-order valence-electron chi connectivity index (χ3n) is 4.99. The minimum Gasteiger partial charge on any atom is -0.312 e. The fourth-order valence-electron chi connectivity index (χ4n) is 3.44. The Morgan fingerprint density at radius 2 is 1.93 bits per heavy atom. The average Bonchev–Trinajstić information content (AvgIpc) is 3.12. The highest BCUT2D eigenvalue weighted by Crippen LogP contribution is 2.34. The van der Waals surface area contributed by atoms with Crippen LogP contribution in [0.2, 0.25) is 0 Å². The molecule has 1 aromatic heterocycles. The van der Waals surface area contributed by atoms with E-state index >= 15 is 0 Å². The summed E-state index contributed by atoms with van der Waals surface area (Å²) >= 11 is 1.62. The summed E-state index contributed by atoms with van der Waals surface area (Å²) in [5, 5.41) is 14.8. The zero-order valence-corrected chi connectivity index (χ0v) is 16.9. The maximum Gasteiger partial charge on any atom is 0.278 e. The van der Waals surface area contributed by atoms with Crippen LogP contribution in [0, 0.1) is 16.0 Å². The second-order valence-corrected chi connectivity index (χ2v) is 8.55. The molecule has 0 spiro atoms. The lowest BCUT2D eigenvalue weighted by molar-refractivity contribution is -0.384. The number of para-hydroxylation sites is 1. The van der Waals surface area contributed by atoms with Crippen LogP contribution in [0.3, 0.4) is 0 Å². The number of rotatable bonds is 8. The predicted octanol–water partition coefficient (Wildman–Crippen LogP) is 3.30. The number of nitro groups is 1. The van der Waals surface area contributed by atoms with Gasteiger partial charge in [0.1, 0.15) is 0 Å². The topological polar surface area (TPSA) is 61.7 Å². The lowest BCUT2D eigenvalue weighted by atomic mass is 10.1. The standard InChI is InChI=1S/C20H28N4O2S/c1-16(15-23-11-9-22(2)10-12-23)13-21-14-17-7-8-20(27-17)18-5-3-4-6-19(18)24(25)26/h3-8,16,21H,9-15H2,1-2H3. The van der Waals surface area contributed by atoms with E-state index in [9.17, 15) is 10.1 Å². The number of hydrogen-bond acceptors (Lipinski definition) is 6. The number of hydrogen-bond donors (Lipinski definition) is 1. The Bertz CT molecular complexity index is 756. The molecule has 1 aromatic carbocycles. The van der Waals surface area contributed by atoms with Gasteiger partial charge in [-0.2, -0.15) is 0 Å².